The molecular weight excluding hydrogens is 386 g/mol. The van der Waals surface area contributed by atoms with Crippen LogP contribution in [0.15, 0.2) is 71.9 Å². The fourth-order valence-corrected chi connectivity index (χ4v) is 3.94. The first kappa shape index (κ1) is 20.5. The number of hydrogen-bond acceptors (Lipinski definition) is 4. The Labute approximate surface area is 171 Å². The van der Waals surface area contributed by atoms with Gasteiger partial charge in [-0.3, -0.25) is 14.5 Å². The molecule has 3 aromatic rings. The van der Waals surface area contributed by atoms with E-state index in [9.17, 15) is 13.2 Å². The molecule has 7 heteroatoms. The lowest BCUT2D eigenvalue weighted by Gasteiger charge is -2.16. The first-order valence-corrected chi connectivity index (χ1v) is 10.7. The van der Waals surface area contributed by atoms with E-state index in [2.05, 4.69) is 15.0 Å². The van der Waals surface area contributed by atoms with Crippen LogP contribution < -0.4 is 10.0 Å². The highest BCUT2D eigenvalue weighted by molar-refractivity contribution is 7.92. The number of sulfonamides is 1. The lowest BCUT2D eigenvalue weighted by molar-refractivity contribution is 0.0939. The third-order valence-electron chi connectivity index (χ3n) is 4.62. The third-order valence-corrected chi connectivity index (χ3v) is 6.00. The molecular formula is C22H23N3O3S. The Morgan fingerprint density at radius 3 is 2.28 bits per heavy atom. The predicted molar refractivity (Wildman–Crippen MR) is 113 cm³/mol. The molecule has 1 amide bonds. The number of nitrogens with zero attached hydrogens (tertiary/aromatic N) is 1. The minimum Gasteiger partial charge on any atom is -0.346 e. The summed E-state index contributed by atoms with van der Waals surface area (Å²) >= 11 is 0. The number of nitrogens with one attached hydrogen (secondary N) is 2. The van der Waals surface area contributed by atoms with Crippen molar-refractivity contribution in [3.8, 4) is 0 Å². The fourth-order valence-electron chi connectivity index (χ4n) is 2.86. The van der Waals surface area contributed by atoms with Crippen LogP contribution in [0.4, 0.5) is 5.69 Å². The SMILES string of the molecule is Cc1ccc(NS(=O)(=O)c2ccc(C)c(C(=O)NC(C)c3ccncc3)c2)cc1. The van der Waals surface area contributed by atoms with Crippen LogP contribution in [0, 0.1) is 13.8 Å². The van der Waals surface area contributed by atoms with Gasteiger partial charge >= 0.3 is 0 Å². The Morgan fingerprint density at radius 2 is 1.62 bits per heavy atom. The number of benzene rings is 2. The topological polar surface area (TPSA) is 88.2 Å². The van der Waals surface area contributed by atoms with Gasteiger partial charge in [0.15, 0.2) is 0 Å². The summed E-state index contributed by atoms with van der Waals surface area (Å²) in [6, 6.07) is 15.0. The first-order valence-electron chi connectivity index (χ1n) is 9.17. The molecule has 0 aliphatic rings. The molecule has 29 heavy (non-hydrogen) atoms. The molecule has 0 fully saturated rings. The molecule has 2 N–H and O–H groups in total. The maximum absolute atomic E-state index is 12.8. The minimum absolute atomic E-state index is 0.0328. The molecule has 1 aromatic heterocycles. The summed E-state index contributed by atoms with van der Waals surface area (Å²) < 4.78 is 28.1. The van der Waals surface area contributed by atoms with E-state index in [1.54, 1.807) is 37.5 Å². The van der Waals surface area contributed by atoms with Gasteiger partial charge in [0.25, 0.3) is 15.9 Å². The van der Waals surface area contributed by atoms with E-state index in [4.69, 9.17) is 0 Å². The number of amides is 1. The summed E-state index contributed by atoms with van der Waals surface area (Å²) in [5, 5.41) is 2.91. The quantitative estimate of drug-likeness (QED) is 0.644. The van der Waals surface area contributed by atoms with Crippen molar-refractivity contribution in [1.29, 1.82) is 0 Å². The molecule has 6 nitrogen and oxygen atoms in total. The van der Waals surface area contributed by atoms with E-state index >= 15 is 0 Å². The highest BCUT2D eigenvalue weighted by atomic mass is 32.2. The van der Waals surface area contributed by atoms with Gasteiger partial charge in [-0.25, -0.2) is 8.42 Å². The summed E-state index contributed by atoms with van der Waals surface area (Å²) in [5.41, 5.74) is 3.42. The number of aromatic nitrogens is 1. The maximum atomic E-state index is 12.8. The van der Waals surface area contributed by atoms with Gasteiger partial charge < -0.3 is 5.32 Å². The monoisotopic (exact) mass is 409 g/mol. The number of carbonyl (C=O) groups is 1. The average molecular weight is 410 g/mol. The van der Waals surface area contributed by atoms with Crippen LogP contribution in [0.25, 0.3) is 0 Å². The average Bonchev–Trinajstić information content (AvgIpc) is 2.70. The summed E-state index contributed by atoms with van der Waals surface area (Å²) in [6.45, 7) is 5.56. The van der Waals surface area contributed by atoms with E-state index in [0.29, 0.717) is 16.8 Å². The van der Waals surface area contributed by atoms with E-state index in [0.717, 1.165) is 11.1 Å². The molecule has 0 saturated carbocycles. The van der Waals surface area contributed by atoms with E-state index in [1.165, 1.54) is 12.1 Å². The van der Waals surface area contributed by atoms with Gasteiger partial charge in [0, 0.05) is 23.6 Å². The maximum Gasteiger partial charge on any atom is 0.261 e. The molecule has 0 saturated heterocycles. The smallest absolute Gasteiger partial charge is 0.261 e. The molecule has 0 aliphatic carbocycles. The zero-order valence-electron chi connectivity index (χ0n) is 16.5. The van der Waals surface area contributed by atoms with Crippen LogP contribution in [-0.4, -0.2) is 19.3 Å². The van der Waals surface area contributed by atoms with E-state index in [1.807, 2.05) is 38.1 Å². The van der Waals surface area contributed by atoms with Crippen LogP contribution >= 0.6 is 0 Å². The van der Waals surface area contributed by atoms with Crippen molar-refractivity contribution in [2.24, 2.45) is 0 Å². The van der Waals surface area contributed by atoms with Crippen LogP contribution in [0.2, 0.25) is 0 Å². The number of rotatable bonds is 6. The molecule has 1 unspecified atom stereocenters. The molecule has 0 spiro atoms. The molecule has 0 radical (unpaired) electrons. The van der Waals surface area contributed by atoms with Crippen molar-refractivity contribution >= 4 is 21.6 Å². The predicted octanol–water partition coefficient (Wildman–Crippen LogP) is 3.99. The van der Waals surface area contributed by atoms with Crippen molar-refractivity contribution < 1.29 is 13.2 Å². The van der Waals surface area contributed by atoms with Gasteiger partial charge in [-0.2, -0.15) is 0 Å². The molecule has 1 heterocycles. The van der Waals surface area contributed by atoms with Gasteiger partial charge in [0.2, 0.25) is 0 Å². The zero-order chi connectivity index (χ0) is 21.0. The van der Waals surface area contributed by atoms with Crippen molar-refractivity contribution in [2.45, 2.75) is 31.7 Å². The van der Waals surface area contributed by atoms with Gasteiger partial charge in [0.05, 0.1) is 10.9 Å². The second kappa shape index (κ2) is 8.45. The largest absolute Gasteiger partial charge is 0.346 e. The second-order valence-corrected chi connectivity index (χ2v) is 8.61. The Kier molecular flexibility index (Phi) is 5.98. The molecule has 0 bridgehead atoms. The number of carbonyl (C=O) groups excluding carboxylic acids is 1. The second-order valence-electron chi connectivity index (χ2n) is 6.92. The van der Waals surface area contributed by atoms with Gasteiger partial charge in [-0.05, 0) is 68.3 Å². The fraction of sp³-hybridized carbons (Fsp3) is 0.182. The van der Waals surface area contributed by atoms with Crippen molar-refractivity contribution in [2.75, 3.05) is 4.72 Å². The lowest BCUT2D eigenvalue weighted by Crippen LogP contribution is -2.27. The van der Waals surface area contributed by atoms with Gasteiger partial charge in [0.1, 0.15) is 0 Å². The zero-order valence-corrected chi connectivity index (χ0v) is 17.3. The molecule has 0 aliphatic heterocycles. The summed E-state index contributed by atoms with van der Waals surface area (Å²) in [6.07, 6.45) is 3.32. The van der Waals surface area contributed by atoms with Crippen molar-refractivity contribution in [3.63, 3.8) is 0 Å². The van der Waals surface area contributed by atoms with Crippen LogP contribution in [0.3, 0.4) is 0 Å². The normalized spacial score (nSPS) is 12.2. The molecule has 2 aromatic carbocycles. The third kappa shape index (κ3) is 5.00. The van der Waals surface area contributed by atoms with Crippen LogP contribution in [0.5, 0.6) is 0 Å². The van der Waals surface area contributed by atoms with Gasteiger partial charge in [-0.15, -0.1) is 0 Å². The number of pyridine rings is 1. The van der Waals surface area contributed by atoms with E-state index < -0.39 is 10.0 Å². The Hall–Kier alpha value is -3.19. The highest BCUT2D eigenvalue weighted by Gasteiger charge is 2.19. The lowest BCUT2D eigenvalue weighted by atomic mass is 10.1. The highest BCUT2D eigenvalue weighted by Crippen LogP contribution is 2.21. The molecule has 3 rings (SSSR count). The summed E-state index contributed by atoms with van der Waals surface area (Å²) in [7, 11) is -3.82. The Balaban J connectivity index is 1.83. The Morgan fingerprint density at radius 1 is 0.966 bits per heavy atom. The first-order chi connectivity index (χ1) is 13.8. The number of aryl methyl sites for hydroxylation is 2. The molecule has 1 atom stereocenters. The van der Waals surface area contributed by atoms with E-state index in [-0.39, 0.29) is 16.8 Å². The summed E-state index contributed by atoms with van der Waals surface area (Å²) in [5.74, 6) is -0.334. The number of anilines is 1. The number of hydrogen-bond donors (Lipinski definition) is 2. The van der Waals surface area contributed by atoms with Crippen LogP contribution in [0.1, 0.15) is 40.0 Å². The molecule has 150 valence electrons. The summed E-state index contributed by atoms with van der Waals surface area (Å²) in [4.78, 5) is 16.8. The van der Waals surface area contributed by atoms with Crippen molar-refractivity contribution in [1.82, 2.24) is 10.3 Å². The Bertz CT molecular complexity index is 1110. The van der Waals surface area contributed by atoms with Crippen molar-refractivity contribution in [3.05, 3.63) is 89.2 Å². The standard InChI is InChI=1S/C22H23N3O3S/c1-15-4-7-19(8-5-15)25-29(27,28)20-9-6-16(2)21(14-20)22(26)24-17(3)18-10-12-23-13-11-18/h4-14,17,25H,1-3H3,(H,24,26). The van der Waals surface area contributed by atoms with Crippen LogP contribution in [-0.2, 0) is 10.0 Å². The van der Waals surface area contributed by atoms with Gasteiger partial charge in [-0.1, -0.05) is 23.8 Å². The minimum atomic E-state index is -3.82.